The third-order valence-electron chi connectivity index (χ3n) is 4.32. The molecule has 1 N–H and O–H groups in total. The van der Waals surface area contributed by atoms with Crippen LogP contribution in [0.2, 0.25) is 0 Å². The van der Waals surface area contributed by atoms with Crippen LogP contribution in [0.5, 0.6) is 5.75 Å². The summed E-state index contributed by atoms with van der Waals surface area (Å²) in [4.78, 5) is 31.4. The Morgan fingerprint density at radius 2 is 2.07 bits per heavy atom. The topological polar surface area (TPSA) is 88.4 Å². The first-order chi connectivity index (χ1) is 14.5. The molecule has 2 rings (SSSR count). The Kier molecular flexibility index (Phi) is 9.37. The van der Waals surface area contributed by atoms with Gasteiger partial charge in [-0.1, -0.05) is 36.4 Å². The van der Waals surface area contributed by atoms with Gasteiger partial charge in [0.1, 0.15) is 5.75 Å². The molecule has 7 nitrogen and oxygen atoms in total. The van der Waals surface area contributed by atoms with E-state index in [-0.39, 0.29) is 31.3 Å². The molecule has 0 saturated carbocycles. The Bertz CT molecular complexity index is 834. The monoisotopic (exact) mass is 412 g/mol. The highest BCUT2D eigenvalue weighted by molar-refractivity contribution is 5.99. The number of nitrogens with zero attached hydrogens (tertiary/aromatic N) is 2. The number of allylic oxidation sites excluding steroid dienone is 2. The molecule has 0 radical (unpaired) electrons. The number of oxime groups is 1. The minimum absolute atomic E-state index is 0.0316. The number of phenols is 1. The maximum Gasteiger partial charge on any atom is 0.338 e. The van der Waals surface area contributed by atoms with Crippen LogP contribution in [0.3, 0.4) is 0 Å². The Hall–Kier alpha value is -3.35. The largest absolute Gasteiger partial charge is 0.508 e. The Labute approximate surface area is 177 Å². The first-order valence-electron chi connectivity index (χ1n) is 9.93. The second-order valence-corrected chi connectivity index (χ2v) is 6.67. The van der Waals surface area contributed by atoms with Crippen LogP contribution in [0.4, 0.5) is 0 Å². The van der Waals surface area contributed by atoms with Crippen LogP contribution in [0, 0.1) is 0 Å². The summed E-state index contributed by atoms with van der Waals surface area (Å²) in [6.07, 6.45) is 10.8. The van der Waals surface area contributed by atoms with Gasteiger partial charge >= 0.3 is 5.97 Å². The van der Waals surface area contributed by atoms with Crippen LogP contribution < -0.4 is 0 Å². The van der Waals surface area contributed by atoms with Gasteiger partial charge in [-0.15, -0.1) is 6.58 Å². The number of hydrogen-bond donors (Lipinski definition) is 1. The van der Waals surface area contributed by atoms with Crippen LogP contribution in [0.1, 0.15) is 35.7 Å². The second-order valence-electron chi connectivity index (χ2n) is 6.67. The quantitative estimate of drug-likeness (QED) is 0.198. The number of esters is 1. The van der Waals surface area contributed by atoms with Crippen molar-refractivity contribution in [2.75, 3.05) is 26.3 Å². The van der Waals surface area contributed by atoms with Crippen molar-refractivity contribution in [3.8, 4) is 5.75 Å². The number of carbonyl (C=O) groups is 2. The number of benzene rings is 1. The molecule has 0 saturated heterocycles. The van der Waals surface area contributed by atoms with E-state index in [4.69, 9.17) is 9.57 Å². The number of carbonyl (C=O) groups excluding carboxylic acids is 2. The molecule has 1 heterocycles. The van der Waals surface area contributed by atoms with Gasteiger partial charge in [0.2, 0.25) is 0 Å². The predicted octanol–water partition coefficient (Wildman–Crippen LogP) is 3.40. The van der Waals surface area contributed by atoms with Crippen molar-refractivity contribution in [2.24, 2.45) is 5.16 Å². The molecular weight excluding hydrogens is 384 g/mol. The lowest BCUT2D eigenvalue weighted by Gasteiger charge is -2.14. The fourth-order valence-electron chi connectivity index (χ4n) is 2.75. The van der Waals surface area contributed by atoms with Gasteiger partial charge in [-0.05, 0) is 42.7 Å². The van der Waals surface area contributed by atoms with Crippen molar-refractivity contribution in [1.82, 2.24) is 4.90 Å². The maximum atomic E-state index is 12.4. The normalized spacial score (nSPS) is 13.6. The summed E-state index contributed by atoms with van der Waals surface area (Å²) in [6.45, 7) is 6.81. The first kappa shape index (κ1) is 22.9. The zero-order valence-corrected chi connectivity index (χ0v) is 17.3. The summed E-state index contributed by atoms with van der Waals surface area (Å²) in [5.74, 6) is -0.598. The molecule has 0 bridgehead atoms. The third kappa shape index (κ3) is 7.24. The first-order valence-corrected chi connectivity index (χ1v) is 9.93. The van der Waals surface area contributed by atoms with Gasteiger partial charge in [0.25, 0.3) is 5.91 Å². The molecule has 0 unspecified atom stereocenters. The number of phenolic OH excluding ortho intramolecular Hbond substituents is 1. The Morgan fingerprint density at radius 3 is 2.77 bits per heavy atom. The van der Waals surface area contributed by atoms with Crippen molar-refractivity contribution >= 4 is 17.6 Å². The van der Waals surface area contributed by atoms with Crippen LogP contribution in [0.15, 0.2) is 60.3 Å². The molecular formula is C23H28N2O5. The lowest BCUT2D eigenvalue weighted by molar-refractivity contribution is -0.134. The average Bonchev–Trinajstić information content (AvgIpc) is 3.27. The molecule has 0 aliphatic carbocycles. The van der Waals surface area contributed by atoms with Gasteiger partial charge in [0.15, 0.2) is 6.61 Å². The van der Waals surface area contributed by atoms with E-state index < -0.39 is 5.97 Å². The molecule has 1 aliphatic heterocycles. The summed E-state index contributed by atoms with van der Waals surface area (Å²) >= 11 is 0. The SMILES string of the molecule is C=CCCOC(=O)c1ccc(O)cc1CC(/C=C/CC)=N\OCC(=O)N1CC=CC1. The smallest absolute Gasteiger partial charge is 0.338 e. The minimum Gasteiger partial charge on any atom is -0.508 e. The molecule has 1 aliphatic rings. The molecule has 0 spiro atoms. The fourth-order valence-corrected chi connectivity index (χ4v) is 2.75. The molecule has 1 aromatic rings. The van der Waals surface area contributed by atoms with Gasteiger partial charge < -0.3 is 19.6 Å². The Balaban J connectivity index is 2.11. The summed E-state index contributed by atoms with van der Waals surface area (Å²) in [7, 11) is 0. The zero-order valence-electron chi connectivity index (χ0n) is 17.3. The molecule has 0 fully saturated rings. The maximum absolute atomic E-state index is 12.4. The predicted molar refractivity (Wildman–Crippen MR) is 115 cm³/mol. The number of ether oxygens (including phenoxy) is 1. The van der Waals surface area contributed by atoms with Gasteiger partial charge in [0.05, 0.1) is 17.9 Å². The third-order valence-corrected chi connectivity index (χ3v) is 4.32. The second kappa shape index (κ2) is 12.3. The van der Waals surface area contributed by atoms with E-state index in [1.165, 1.54) is 18.2 Å². The van der Waals surface area contributed by atoms with E-state index in [9.17, 15) is 14.7 Å². The van der Waals surface area contributed by atoms with Gasteiger partial charge in [0, 0.05) is 19.5 Å². The summed E-state index contributed by atoms with van der Waals surface area (Å²) in [5.41, 5.74) is 1.42. The van der Waals surface area contributed by atoms with Crippen molar-refractivity contribution in [1.29, 1.82) is 0 Å². The van der Waals surface area contributed by atoms with E-state index >= 15 is 0 Å². The van der Waals surface area contributed by atoms with Gasteiger partial charge in [-0.2, -0.15) is 0 Å². The van der Waals surface area contributed by atoms with Crippen molar-refractivity contribution in [3.63, 3.8) is 0 Å². The molecule has 30 heavy (non-hydrogen) atoms. The molecule has 7 heteroatoms. The average molecular weight is 412 g/mol. The number of hydrogen-bond acceptors (Lipinski definition) is 6. The van der Waals surface area contributed by atoms with Crippen LogP contribution in [0.25, 0.3) is 0 Å². The van der Waals surface area contributed by atoms with E-state index in [2.05, 4.69) is 11.7 Å². The molecule has 1 aromatic carbocycles. The van der Waals surface area contributed by atoms with E-state index in [0.717, 1.165) is 6.42 Å². The minimum atomic E-state index is -0.483. The highest BCUT2D eigenvalue weighted by atomic mass is 16.6. The van der Waals surface area contributed by atoms with E-state index in [1.807, 2.05) is 25.2 Å². The number of aromatic hydroxyl groups is 1. The molecule has 160 valence electrons. The van der Waals surface area contributed by atoms with Crippen LogP contribution in [-0.4, -0.2) is 53.9 Å². The molecule has 0 aromatic heterocycles. The van der Waals surface area contributed by atoms with Crippen LogP contribution >= 0.6 is 0 Å². The standard InChI is InChI=1S/C23H28N2O5/c1-3-5-9-19(24-30-17-22(27)25-12-7-8-13-25)15-18-16-20(26)10-11-21(18)23(28)29-14-6-4-2/h4-5,7-11,16,26H,2-3,6,12-15,17H2,1H3/b9-5+,24-19-. The van der Waals surface area contributed by atoms with Crippen LogP contribution in [-0.2, 0) is 20.8 Å². The number of rotatable bonds is 11. The lowest BCUT2D eigenvalue weighted by Crippen LogP contribution is -2.31. The Morgan fingerprint density at radius 1 is 1.30 bits per heavy atom. The van der Waals surface area contributed by atoms with Gasteiger partial charge in [-0.25, -0.2) is 4.79 Å². The highest BCUT2D eigenvalue weighted by Gasteiger charge is 2.16. The van der Waals surface area contributed by atoms with E-state index in [0.29, 0.717) is 36.3 Å². The van der Waals surface area contributed by atoms with Crippen molar-refractivity contribution in [2.45, 2.75) is 26.2 Å². The van der Waals surface area contributed by atoms with Crippen molar-refractivity contribution in [3.05, 3.63) is 66.3 Å². The molecule has 1 amide bonds. The van der Waals surface area contributed by atoms with E-state index in [1.54, 1.807) is 17.1 Å². The molecule has 0 atom stereocenters. The van der Waals surface area contributed by atoms with Crippen molar-refractivity contribution < 1.29 is 24.3 Å². The summed E-state index contributed by atoms with van der Waals surface area (Å²) < 4.78 is 5.24. The summed E-state index contributed by atoms with van der Waals surface area (Å²) in [6, 6.07) is 4.46. The van der Waals surface area contributed by atoms with Gasteiger partial charge in [-0.3, -0.25) is 4.79 Å². The number of amides is 1. The summed E-state index contributed by atoms with van der Waals surface area (Å²) in [5, 5.41) is 14.0. The lowest BCUT2D eigenvalue weighted by atomic mass is 10.0. The zero-order chi connectivity index (χ0) is 21.8. The highest BCUT2D eigenvalue weighted by Crippen LogP contribution is 2.19. The fraction of sp³-hybridized carbons (Fsp3) is 0.348.